The van der Waals surface area contributed by atoms with E-state index >= 15 is 0 Å². The van der Waals surface area contributed by atoms with Gasteiger partial charge in [-0.1, -0.05) is 0 Å². The summed E-state index contributed by atoms with van der Waals surface area (Å²) in [6.45, 7) is 7.51. The quantitative estimate of drug-likeness (QED) is 0.672. The Bertz CT molecular complexity index is 1050. The number of aromatic nitrogens is 5. The second-order valence-electron chi connectivity index (χ2n) is 7.12. The predicted octanol–water partition coefficient (Wildman–Crippen LogP) is 2.99. The molecule has 0 unspecified atom stereocenters. The van der Waals surface area contributed by atoms with Crippen molar-refractivity contribution in [2.45, 2.75) is 47.2 Å². The van der Waals surface area contributed by atoms with Gasteiger partial charge in [0.15, 0.2) is 5.65 Å². The Labute approximate surface area is 162 Å². The van der Waals surface area contributed by atoms with Gasteiger partial charge in [0.1, 0.15) is 6.54 Å². The summed E-state index contributed by atoms with van der Waals surface area (Å²) in [5, 5.41) is 8.98. The number of hydrogen-bond acceptors (Lipinski definition) is 4. The van der Waals surface area contributed by atoms with E-state index in [-0.39, 0.29) is 18.0 Å². The molecule has 150 valence electrons. The van der Waals surface area contributed by atoms with E-state index in [9.17, 15) is 13.6 Å². The summed E-state index contributed by atoms with van der Waals surface area (Å²) in [6.07, 6.45) is -2.63. The topological polar surface area (TPSA) is 68.8 Å². The molecular weight excluding hydrogens is 366 g/mol. The number of carbonyl (C=O) groups excluding carboxylic acids is 1. The van der Waals surface area contributed by atoms with E-state index in [2.05, 4.69) is 15.2 Å². The molecule has 0 aliphatic carbocycles. The zero-order chi connectivity index (χ0) is 20.7. The third-order valence-electron chi connectivity index (χ3n) is 5.04. The first-order chi connectivity index (χ1) is 13.1. The van der Waals surface area contributed by atoms with Gasteiger partial charge in [-0.25, -0.2) is 18.4 Å². The fraction of sp³-hybridized carbons (Fsp3) is 0.474. The van der Waals surface area contributed by atoms with Crippen molar-refractivity contribution in [3.05, 3.63) is 40.0 Å². The van der Waals surface area contributed by atoms with Gasteiger partial charge in [-0.05, 0) is 33.8 Å². The van der Waals surface area contributed by atoms with Crippen LogP contribution in [0.25, 0.3) is 11.0 Å². The van der Waals surface area contributed by atoms with E-state index in [0.29, 0.717) is 29.0 Å². The molecule has 1 amide bonds. The minimum Gasteiger partial charge on any atom is -0.340 e. The van der Waals surface area contributed by atoms with Crippen molar-refractivity contribution in [1.82, 2.24) is 29.4 Å². The molecule has 3 rings (SSSR count). The lowest BCUT2D eigenvalue weighted by Gasteiger charge is -2.18. The summed E-state index contributed by atoms with van der Waals surface area (Å²) in [5.74, 6) is -0.186. The van der Waals surface area contributed by atoms with E-state index in [1.807, 2.05) is 20.9 Å². The lowest BCUT2D eigenvalue weighted by molar-refractivity contribution is -0.131. The molecule has 0 bridgehead atoms. The highest BCUT2D eigenvalue weighted by Gasteiger charge is 2.22. The van der Waals surface area contributed by atoms with Crippen LogP contribution >= 0.6 is 0 Å². The number of halogens is 2. The molecule has 0 atom stereocenters. The molecule has 0 saturated carbocycles. The third-order valence-corrected chi connectivity index (χ3v) is 5.04. The first-order valence-corrected chi connectivity index (χ1v) is 8.96. The number of pyridine rings is 1. The molecule has 0 fully saturated rings. The second-order valence-corrected chi connectivity index (χ2v) is 7.12. The minimum absolute atomic E-state index is 0.0711. The molecule has 0 N–H and O–H groups in total. The molecule has 0 aliphatic rings. The van der Waals surface area contributed by atoms with E-state index in [4.69, 9.17) is 0 Å². The number of alkyl halides is 2. The van der Waals surface area contributed by atoms with Gasteiger partial charge in [0.05, 0.1) is 16.8 Å². The second kappa shape index (κ2) is 7.29. The van der Waals surface area contributed by atoms with E-state index in [1.165, 1.54) is 10.7 Å². The summed E-state index contributed by atoms with van der Waals surface area (Å²) in [6, 6.07) is 1.37. The molecule has 3 heterocycles. The monoisotopic (exact) mass is 390 g/mol. The maximum atomic E-state index is 13.4. The van der Waals surface area contributed by atoms with Crippen molar-refractivity contribution in [2.75, 3.05) is 7.05 Å². The van der Waals surface area contributed by atoms with Crippen LogP contribution < -0.4 is 0 Å². The van der Waals surface area contributed by atoms with Gasteiger partial charge in [-0.2, -0.15) is 10.2 Å². The molecule has 3 aromatic heterocycles. The van der Waals surface area contributed by atoms with Crippen LogP contribution in [0.2, 0.25) is 0 Å². The van der Waals surface area contributed by atoms with Crippen LogP contribution in [0.4, 0.5) is 8.78 Å². The zero-order valence-corrected chi connectivity index (χ0v) is 16.9. The molecule has 7 nitrogen and oxygen atoms in total. The smallest absolute Gasteiger partial charge is 0.264 e. The molecular formula is C19H24F2N6O. The summed E-state index contributed by atoms with van der Waals surface area (Å²) in [5.41, 5.74) is 3.97. The number of hydrogen-bond donors (Lipinski definition) is 0. The maximum absolute atomic E-state index is 13.4. The highest BCUT2D eigenvalue weighted by atomic mass is 19.3. The van der Waals surface area contributed by atoms with Crippen molar-refractivity contribution >= 4 is 16.9 Å². The van der Waals surface area contributed by atoms with Gasteiger partial charge in [0, 0.05) is 43.2 Å². The van der Waals surface area contributed by atoms with E-state index in [1.54, 1.807) is 30.5 Å². The molecule has 28 heavy (non-hydrogen) atoms. The van der Waals surface area contributed by atoms with Crippen molar-refractivity contribution in [3.8, 4) is 0 Å². The Balaban J connectivity index is 1.89. The van der Waals surface area contributed by atoms with Gasteiger partial charge in [-0.15, -0.1) is 0 Å². The fourth-order valence-corrected chi connectivity index (χ4v) is 3.42. The molecule has 3 aromatic rings. The average molecular weight is 390 g/mol. The maximum Gasteiger partial charge on any atom is 0.264 e. The Morgan fingerprint density at radius 2 is 1.86 bits per heavy atom. The summed E-state index contributed by atoms with van der Waals surface area (Å²) in [7, 11) is 3.57. The Morgan fingerprint density at radius 1 is 1.18 bits per heavy atom. The first kappa shape index (κ1) is 19.9. The van der Waals surface area contributed by atoms with Gasteiger partial charge in [0.2, 0.25) is 5.91 Å². The molecule has 0 aliphatic heterocycles. The van der Waals surface area contributed by atoms with Crippen LogP contribution in [0.3, 0.4) is 0 Å². The van der Waals surface area contributed by atoms with Crippen LogP contribution in [-0.4, -0.2) is 42.4 Å². The van der Waals surface area contributed by atoms with Gasteiger partial charge >= 0.3 is 0 Å². The molecule has 0 aromatic carbocycles. The van der Waals surface area contributed by atoms with E-state index in [0.717, 1.165) is 17.0 Å². The highest BCUT2D eigenvalue weighted by molar-refractivity contribution is 5.84. The fourth-order valence-electron chi connectivity index (χ4n) is 3.42. The van der Waals surface area contributed by atoms with Crippen LogP contribution in [-0.2, 0) is 24.9 Å². The molecule has 9 heteroatoms. The van der Waals surface area contributed by atoms with Crippen LogP contribution in [0.15, 0.2) is 6.07 Å². The number of likely N-dealkylation sites (N-methyl/N-ethyl adjacent to an activating group) is 1. The average Bonchev–Trinajstić information content (AvgIpc) is 3.04. The Kier molecular flexibility index (Phi) is 5.18. The van der Waals surface area contributed by atoms with Crippen molar-refractivity contribution in [3.63, 3.8) is 0 Å². The summed E-state index contributed by atoms with van der Waals surface area (Å²) in [4.78, 5) is 18.7. The van der Waals surface area contributed by atoms with Crippen molar-refractivity contribution in [1.29, 1.82) is 0 Å². The number of carbonyl (C=O) groups is 1. The highest BCUT2D eigenvalue weighted by Crippen LogP contribution is 2.30. The number of fused-ring (bicyclic) bond motifs is 1. The first-order valence-electron chi connectivity index (χ1n) is 8.96. The van der Waals surface area contributed by atoms with Crippen molar-refractivity contribution < 1.29 is 13.6 Å². The predicted molar refractivity (Wildman–Crippen MR) is 101 cm³/mol. The minimum atomic E-state index is -2.63. The van der Waals surface area contributed by atoms with Crippen LogP contribution in [0, 0.1) is 27.7 Å². The van der Waals surface area contributed by atoms with Crippen molar-refractivity contribution in [2.24, 2.45) is 7.05 Å². The standard InChI is InChI=1S/C19H24F2N6O/c1-10-7-14(18(20)21)17-12(3)24-27(19(17)22-10)9-16(28)25(5)8-15-11(2)23-26(6)13(15)4/h7,18H,8-9H2,1-6H3. The lowest BCUT2D eigenvalue weighted by atomic mass is 10.1. The van der Waals surface area contributed by atoms with Crippen LogP contribution in [0.5, 0.6) is 0 Å². The van der Waals surface area contributed by atoms with E-state index < -0.39 is 6.43 Å². The molecule has 0 spiro atoms. The molecule has 0 saturated heterocycles. The van der Waals surface area contributed by atoms with Gasteiger partial charge in [-0.3, -0.25) is 9.48 Å². The third kappa shape index (κ3) is 3.48. The number of amides is 1. The zero-order valence-electron chi connectivity index (χ0n) is 16.9. The lowest BCUT2D eigenvalue weighted by Crippen LogP contribution is -2.30. The largest absolute Gasteiger partial charge is 0.340 e. The Morgan fingerprint density at radius 3 is 2.43 bits per heavy atom. The number of rotatable bonds is 5. The van der Waals surface area contributed by atoms with Gasteiger partial charge < -0.3 is 4.90 Å². The molecule has 0 radical (unpaired) electrons. The summed E-state index contributed by atoms with van der Waals surface area (Å²) < 4.78 is 30.0. The van der Waals surface area contributed by atoms with Gasteiger partial charge in [0.25, 0.3) is 6.43 Å². The summed E-state index contributed by atoms with van der Waals surface area (Å²) >= 11 is 0. The Hall–Kier alpha value is -2.84. The SMILES string of the molecule is Cc1cc(C(F)F)c2c(C)nn(CC(=O)N(C)Cc3c(C)nn(C)c3C)c2n1. The number of aryl methyl sites for hydroxylation is 4. The normalized spacial score (nSPS) is 11.6. The van der Waals surface area contributed by atoms with Crippen LogP contribution in [0.1, 0.15) is 40.3 Å². The number of nitrogens with zero attached hydrogens (tertiary/aromatic N) is 6.